The van der Waals surface area contributed by atoms with Crippen LogP contribution in [0.15, 0.2) is 24.3 Å². The zero-order chi connectivity index (χ0) is 23.6. The Balaban J connectivity index is 0.989. The second kappa shape index (κ2) is 12.8. The highest BCUT2D eigenvalue weighted by molar-refractivity contribution is 5.76. The summed E-state index contributed by atoms with van der Waals surface area (Å²) in [5.74, 6) is 3.04. The molecular weight excluding hydrogens is 424 g/mol. The maximum Gasteiger partial charge on any atom is 0.222 e. The molecule has 4 rings (SSSR count). The largest absolute Gasteiger partial charge is 0.493 e. The molecule has 2 atom stereocenters. The maximum atomic E-state index is 12.6. The lowest BCUT2D eigenvalue weighted by Crippen LogP contribution is -2.48. The van der Waals surface area contributed by atoms with Crippen molar-refractivity contribution in [2.75, 3.05) is 46.4 Å². The molecule has 5 heteroatoms. The number of carbonyl (C=O) groups is 1. The van der Waals surface area contributed by atoms with Crippen molar-refractivity contribution in [2.45, 2.75) is 83.5 Å². The molecule has 1 heterocycles. The molecule has 0 N–H and O–H groups in total. The van der Waals surface area contributed by atoms with Crippen molar-refractivity contribution in [3.63, 3.8) is 0 Å². The van der Waals surface area contributed by atoms with Crippen molar-refractivity contribution in [3.05, 3.63) is 24.3 Å². The number of para-hydroxylation sites is 2. The average molecular weight is 471 g/mol. The van der Waals surface area contributed by atoms with Crippen molar-refractivity contribution in [1.82, 2.24) is 9.80 Å². The molecule has 1 aromatic rings. The summed E-state index contributed by atoms with van der Waals surface area (Å²) in [7, 11) is 1.67. The Bertz CT molecular complexity index is 761. The van der Waals surface area contributed by atoms with Crippen LogP contribution in [0.1, 0.15) is 83.5 Å². The van der Waals surface area contributed by atoms with E-state index in [1.165, 1.54) is 64.2 Å². The SMILES string of the molecule is COc1ccccc1OCCCN1CCN(C(=O)CCCCCCCC23CCCCC2C3)CC1. The first-order valence-electron chi connectivity index (χ1n) is 14.0. The molecular formula is C29H46N2O3. The lowest BCUT2D eigenvalue weighted by molar-refractivity contribution is -0.133. The van der Waals surface area contributed by atoms with Gasteiger partial charge < -0.3 is 14.4 Å². The second-order valence-corrected chi connectivity index (χ2v) is 10.9. The Labute approximate surface area is 207 Å². The summed E-state index contributed by atoms with van der Waals surface area (Å²) in [5.41, 5.74) is 0.791. The van der Waals surface area contributed by atoms with Crippen LogP contribution in [0, 0.1) is 11.3 Å². The number of nitrogens with zero attached hydrogens (tertiary/aromatic N) is 2. The van der Waals surface area contributed by atoms with Gasteiger partial charge in [-0.05, 0) is 62.0 Å². The van der Waals surface area contributed by atoms with Gasteiger partial charge in [0, 0.05) is 39.1 Å². The van der Waals surface area contributed by atoms with Crippen LogP contribution in [-0.4, -0.2) is 62.1 Å². The minimum absolute atomic E-state index is 0.362. The van der Waals surface area contributed by atoms with E-state index < -0.39 is 0 Å². The fourth-order valence-electron chi connectivity index (χ4n) is 6.32. The molecule has 190 valence electrons. The van der Waals surface area contributed by atoms with Gasteiger partial charge in [0.2, 0.25) is 5.91 Å². The topological polar surface area (TPSA) is 42.0 Å². The predicted molar refractivity (Wildman–Crippen MR) is 137 cm³/mol. The maximum absolute atomic E-state index is 12.6. The van der Waals surface area contributed by atoms with Gasteiger partial charge in [-0.3, -0.25) is 9.69 Å². The molecule has 2 aliphatic carbocycles. The quantitative estimate of drug-likeness (QED) is 0.317. The number of benzene rings is 1. The standard InChI is InChI=1S/C29H46N2O3/c1-33-26-13-6-7-14-27(26)34-23-11-18-30-19-21-31(22-20-30)28(32)15-5-3-2-4-9-16-29-17-10-8-12-25(29)24-29/h6-7,13-14,25H,2-5,8-12,15-24H2,1H3. The van der Waals surface area contributed by atoms with Gasteiger partial charge in [-0.15, -0.1) is 0 Å². The summed E-state index contributed by atoms with van der Waals surface area (Å²) in [4.78, 5) is 17.1. The van der Waals surface area contributed by atoms with E-state index >= 15 is 0 Å². The van der Waals surface area contributed by atoms with Gasteiger partial charge >= 0.3 is 0 Å². The first-order chi connectivity index (χ1) is 16.7. The van der Waals surface area contributed by atoms with Crippen molar-refractivity contribution in [2.24, 2.45) is 11.3 Å². The number of ether oxygens (including phenoxy) is 2. The van der Waals surface area contributed by atoms with Gasteiger partial charge in [0.05, 0.1) is 13.7 Å². The monoisotopic (exact) mass is 470 g/mol. The summed E-state index contributed by atoms with van der Waals surface area (Å²) in [6.45, 7) is 5.39. The number of methoxy groups -OCH3 is 1. The van der Waals surface area contributed by atoms with Gasteiger partial charge in [-0.2, -0.15) is 0 Å². The Morgan fingerprint density at radius 3 is 2.53 bits per heavy atom. The van der Waals surface area contributed by atoms with Crippen molar-refractivity contribution in [3.8, 4) is 11.5 Å². The number of rotatable bonds is 14. The number of fused-ring (bicyclic) bond motifs is 1. The van der Waals surface area contributed by atoms with Crippen LogP contribution >= 0.6 is 0 Å². The fraction of sp³-hybridized carbons (Fsp3) is 0.759. The number of hydrogen-bond acceptors (Lipinski definition) is 4. The summed E-state index contributed by atoms with van der Waals surface area (Å²) < 4.78 is 11.2. The molecule has 0 spiro atoms. The normalized spacial score (nSPS) is 24.5. The zero-order valence-electron chi connectivity index (χ0n) is 21.4. The van der Waals surface area contributed by atoms with Gasteiger partial charge in [0.1, 0.15) is 0 Å². The molecule has 1 aliphatic heterocycles. The predicted octanol–water partition coefficient (Wildman–Crippen LogP) is 5.92. The van der Waals surface area contributed by atoms with E-state index in [2.05, 4.69) is 9.80 Å². The van der Waals surface area contributed by atoms with Gasteiger partial charge in [-0.25, -0.2) is 0 Å². The summed E-state index contributed by atoms with van der Waals surface area (Å²) in [6.07, 6.45) is 17.1. The van der Waals surface area contributed by atoms with Crippen molar-refractivity contribution in [1.29, 1.82) is 0 Å². The van der Waals surface area contributed by atoms with Crippen LogP contribution in [0.5, 0.6) is 11.5 Å². The molecule has 34 heavy (non-hydrogen) atoms. The van der Waals surface area contributed by atoms with Gasteiger partial charge in [0.15, 0.2) is 11.5 Å². The Morgan fingerprint density at radius 1 is 0.971 bits per heavy atom. The molecule has 1 amide bonds. The molecule has 0 aromatic heterocycles. The lowest BCUT2D eigenvalue weighted by atomic mass is 9.84. The molecule has 3 aliphatic rings. The van der Waals surface area contributed by atoms with Crippen LogP contribution in [-0.2, 0) is 4.79 Å². The summed E-state index contributed by atoms with van der Waals surface area (Å²) >= 11 is 0. The highest BCUT2D eigenvalue weighted by Gasteiger charge is 2.53. The average Bonchev–Trinajstić information content (AvgIpc) is 3.61. The highest BCUT2D eigenvalue weighted by atomic mass is 16.5. The van der Waals surface area contributed by atoms with Crippen molar-refractivity contribution >= 4 is 5.91 Å². The molecule has 2 unspecified atom stereocenters. The highest BCUT2D eigenvalue weighted by Crippen LogP contribution is 2.64. The summed E-state index contributed by atoms with van der Waals surface area (Å²) in [5, 5.41) is 0. The number of amides is 1. The molecule has 0 radical (unpaired) electrons. The van der Waals surface area contributed by atoms with Crippen LogP contribution in [0.3, 0.4) is 0 Å². The third-order valence-corrected chi connectivity index (χ3v) is 8.57. The van der Waals surface area contributed by atoms with E-state index in [4.69, 9.17) is 9.47 Å². The second-order valence-electron chi connectivity index (χ2n) is 10.9. The Morgan fingerprint density at radius 2 is 1.74 bits per heavy atom. The van der Waals surface area contributed by atoms with E-state index in [1.54, 1.807) is 7.11 Å². The van der Waals surface area contributed by atoms with Crippen LogP contribution in [0.25, 0.3) is 0 Å². The molecule has 1 saturated heterocycles. The number of hydrogen-bond donors (Lipinski definition) is 0. The Kier molecular flexibility index (Phi) is 9.55. The minimum Gasteiger partial charge on any atom is -0.493 e. The number of unbranched alkanes of at least 4 members (excludes halogenated alkanes) is 4. The molecule has 1 aromatic carbocycles. The van der Waals surface area contributed by atoms with Crippen LogP contribution in [0.2, 0.25) is 0 Å². The lowest BCUT2D eigenvalue weighted by Gasteiger charge is -2.34. The molecule has 3 fully saturated rings. The van der Waals surface area contributed by atoms with Crippen LogP contribution < -0.4 is 9.47 Å². The Hall–Kier alpha value is -1.75. The van der Waals surface area contributed by atoms with Gasteiger partial charge in [-0.1, -0.05) is 50.7 Å². The zero-order valence-corrected chi connectivity index (χ0v) is 21.4. The van der Waals surface area contributed by atoms with Crippen molar-refractivity contribution < 1.29 is 14.3 Å². The minimum atomic E-state index is 0.362. The van der Waals surface area contributed by atoms with E-state index in [0.29, 0.717) is 12.5 Å². The van der Waals surface area contributed by atoms with E-state index in [-0.39, 0.29) is 0 Å². The van der Waals surface area contributed by atoms with E-state index in [1.807, 2.05) is 24.3 Å². The van der Waals surface area contributed by atoms with Gasteiger partial charge in [0.25, 0.3) is 0 Å². The first kappa shape index (κ1) is 25.3. The first-order valence-corrected chi connectivity index (χ1v) is 14.0. The fourth-order valence-corrected chi connectivity index (χ4v) is 6.32. The smallest absolute Gasteiger partial charge is 0.222 e. The molecule has 5 nitrogen and oxygen atoms in total. The van der Waals surface area contributed by atoms with Crippen LogP contribution in [0.4, 0.5) is 0 Å². The third kappa shape index (κ3) is 7.13. The number of piperazine rings is 1. The molecule has 0 bridgehead atoms. The number of carbonyl (C=O) groups excluding carboxylic acids is 1. The van der Waals surface area contributed by atoms with E-state index in [0.717, 1.165) is 74.8 Å². The van der Waals surface area contributed by atoms with E-state index in [9.17, 15) is 4.79 Å². The molecule has 2 saturated carbocycles. The third-order valence-electron chi connectivity index (χ3n) is 8.57. The summed E-state index contributed by atoms with van der Waals surface area (Å²) in [6, 6.07) is 7.79.